The first-order valence-corrected chi connectivity index (χ1v) is 6.51. The highest BCUT2D eigenvalue weighted by molar-refractivity contribution is 9.10. The Labute approximate surface area is 119 Å². The van der Waals surface area contributed by atoms with E-state index in [1.807, 2.05) is 24.3 Å². The maximum Gasteiger partial charge on any atom is 0.323 e. The second-order valence-corrected chi connectivity index (χ2v) is 5.24. The van der Waals surface area contributed by atoms with E-state index in [2.05, 4.69) is 31.3 Å². The van der Waals surface area contributed by atoms with Gasteiger partial charge in [0, 0.05) is 28.9 Å². The van der Waals surface area contributed by atoms with Gasteiger partial charge in [-0.2, -0.15) is 0 Å². The molecule has 0 saturated carbocycles. The van der Waals surface area contributed by atoms with Crippen LogP contribution in [-0.4, -0.2) is 29.7 Å². The molecule has 0 aromatic heterocycles. The molecule has 7 heteroatoms. The molecule has 0 spiro atoms. The Balaban J connectivity index is 2.72. The van der Waals surface area contributed by atoms with E-state index in [0.717, 1.165) is 10.0 Å². The molecule has 0 aliphatic carbocycles. The number of hydrogen-bond acceptors (Lipinski definition) is 3. The van der Waals surface area contributed by atoms with Crippen LogP contribution in [0.3, 0.4) is 0 Å². The number of aliphatic carboxylic acids is 1. The molecule has 0 radical (unpaired) electrons. The van der Waals surface area contributed by atoms with Gasteiger partial charge in [-0.15, -0.1) is 0 Å². The third-order valence-electron chi connectivity index (χ3n) is 2.73. The van der Waals surface area contributed by atoms with Crippen LogP contribution < -0.4 is 5.32 Å². The molecule has 0 aliphatic heterocycles. The minimum Gasteiger partial charge on any atom is -0.480 e. The predicted octanol–water partition coefficient (Wildman–Crippen LogP) is 2.73. The number of benzene rings is 1. The fourth-order valence-corrected chi connectivity index (χ4v) is 1.92. The summed E-state index contributed by atoms with van der Waals surface area (Å²) in [5.41, 5.74) is 8.01. The van der Waals surface area contributed by atoms with Gasteiger partial charge in [0.05, 0.1) is 0 Å². The zero-order valence-electron chi connectivity index (χ0n) is 10.5. The Bertz CT molecular complexity index is 485. The van der Waals surface area contributed by atoms with Gasteiger partial charge in [-0.25, -0.2) is 0 Å². The fraction of sp³-hybridized carbons (Fsp3) is 0.417. The highest BCUT2D eigenvalue weighted by Gasteiger charge is 2.32. The second-order valence-electron chi connectivity index (χ2n) is 4.32. The lowest BCUT2D eigenvalue weighted by Gasteiger charge is -2.26. The molecule has 1 aromatic carbocycles. The monoisotopic (exact) mass is 326 g/mol. The summed E-state index contributed by atoms with van der Waals surface area (Å²) < 4.78 is 0.949. The molecule has 0 aliphatic rings. The number of rotatable bonds is 7. The summed E-state index contributed by atoms with van der Waals surface area (Å²) >= 11 is 3.33. The highest BCUT2D eigenvalue weighted by atomic mass is 79.9. The fourth-order valence-electron chi connectivity index (χ4n) is 1.65. The minimum atomic E-state index is -1.08. The molecule has 6 nitrogen and oxygen atoms in total. The topological polar surface area (TPSA) is 98.1 Å². The lowest BCUT2D eigenvalue weighted by atomic mass is 9.93. The van der Waals surface area contributed by atoms with E-state index < -0.39 is 11.5 Å². The van der Waals surface area contributed by atoms with E-state index >= 15 is 0 Å². The van der Waals surface area contributed by atoms with Crippen molar-refractivity contribution >= 4 is 21.9 Å². The number of carbonyl (C=O) groups is 1. The van der Waals surface area contributed by atoms with Crippen molar-refractivity contribution in [2.75, 3.05) is 13.1 Å². The summed E-state index contributed by atoms with van der Waals surface area (Å²) in [6.07, 6.45) is 0.353. The van der Waals surface area contributed by atoms with Gasteiger partial charge >= 0.3 is 5.97 Å². The number of carboxylic acids is 1. The molecule has 1 rings (SSSR count). The molecule has 102 valence electrons. The molecule has 1 aromatic rings. The van der Waals surface area contributed by atoms with Crippen LogP contribution in [0.5, 0.6) is 0 Å². The van der Waals surface area contributed by atoms with Crippen molar-refractivity contribution < 1.29 is 9.90 Å². The highest BCUT2D eigenvalue weighted by Crippen LogP contribution is 2.16. The van der Waals surface area contributed by atoms with Crippen LogP contribution in [-0.2, 0) is 11.2 Å². The van der Waals surface area contributed by atoms with Gasteiger partial charge < -0.3 is 10.4 Å². The van der Waals surface area contributed by atoms with E-state index in [0.29, 0.717) is 13.0 Å². The van der Waals surface area contributed by atoms with Crippen LogP contribution in [0.15, 0.2) is 33.9 Å². The minimum absolute atomic E-state index is 0.222. The zero-order valence-corrected chi connectivity index (χ0v) is 12.1. The predicted molar refractivity (Wildman–Crippen MR) is 75.9 cm³/mol. The lowest BCUT2D eigenvalue weighted by Crippen LogP contribution is -2.52. The normalized spacial score (nSPS) is 13.4. The van der Waals surface area contributed by atoms with Crippen LogP contribution in [0.1, 0.15) is 12.5 Å². The molecule has 19 heavy (non-hydrogen) atoms. The molecule has 1 atom stereocenters. The van der Waals surface area contributed by atoms with Crippen molar-refractivity contribution in [2.24, 2.45) is 5.11 Å². The lowest BCUT2D eigenvalue weighted by molar-refractivity contribution is -0.144. The van der Waals surface area contributed by atoms with Gasteiger partial charge in [-0.1, -0.05) is 33.2 Å². The molecule has 2 N–H and O–H groups in total. The summed E-state index contributed by atoms with van der Waals surface area (Å²) in [6, 6.07) is 7.50. The van der Waals surface area contributed by atoms with E-state index in [1.165, 1.54) is 0 Å². The van der Waals surface area contributed by atoms with Gasteiger partial charge in [0.2, 0.25) is 0 Å². The van der Waals surface area contributed by atoms with Crippen LogP contribution in [0.2, 0.25) is 0 Å². The van der Waals surface area contributed by atoms with Crippen molar-refractivity contribution in [3.8, 4) is 0 Å². The first-order chi connectivity index (χ1) is 8.98. The van der Waals surface area contributed by atoms with Crippen LogP contribution in [0.25, 0.3) is 10.4 Å². The third kappa shape index (κ3) is 4.90. The maximum atomic E-state index is 11.4. The van der Waals surface area contributed by atoms with Gasteiger partial charge in [0.25, 0.3) is 0 Å². The van der Waals surface area contributed by atoms with Gasteiger partial charge in [-0.05, 0) is 30.2 Å². The van der Waals surface area contributed by atoms with Crippen LogP contribution >= 0.6 is 15.9 Å². The Kier molecular flexibility index (Phi) is 5.82. The Hall–Kier alpha value is -1.56. The number of nitrogens with zero attached hydrogens (tertiary/aromatic N) is 3. The Morgan fingerprint density at radius 3 is 2.68 bits per heavy atom. The van der Waals surface area contributed by atoms with Crippen molar-refractivity contribution in [3.63, 3.8) is 0 Å². The number of azide groups is 1. The Morgan fingerprint density at radius 1 is 1.53 bits per heavy atom. The number of hydrogen-bond donors (Lipinski definition) is 2. The van der Waals surface area contributed by atoms with Crippen molar-refractivity contribution in [3.05, 3.63) is 44.7 Å². The van der Waals surface area contributed by atoms with Gasteiger partial charge in [0.1, 0.15) is 5.54 Å². The van der Waals surface area contributed by atoms with Crippen LogP contribution in [0.4, 0.5) is 0 Å². The molecule has 0 saturated heterocycles. The quantitative estimate of drug-likeness (QED) is 0.349. The average Bonchev–Trinajstić information content (AvgIpc) is 2.37. The molecule has 0 heterocycles. The standard InChI is InChI=1S/C12H15BrN4O2/c1-12(11(18)19,15-6-7-16-17-14)8-9-2-4-10(13)5-3-9/h2-5,15H,6-8H2,1H3,(H,18,19). The second kappa shape index (κ2) is 7.13. The zero-order chi connectivity index (χ0) is 14.3. The largest absolute Gasteiger partial charge is 0.480 e. The summed E-state index contributed by atoms with van der Waals surface area (Å²) in [4.78, 5) is 14.0. The molecule has 0 fully saturated rings. The first kappa shape index (κ1) is 15.5. The molecular formula is C12H15BrN4O2. The van der Waals surface area contributed by atoms with Crippen LogP contribution in [0, 0.1) is 0 Å². The molecular weight excluding hydrogens is 312 g/mol. The van der Waals surface area contributed by atoms with E-state index in [1.54, 1.807) is 6.92 Å². The summed E-state index contributed by atoms with van der Waals surface area (Å²) in [7, 11) is 0. The summed E-state index contributed by atoms with van der Waals surface area (Å²) in [6.45, 7) is 2.16. The van der Waals surface area contributed by atoms with Gasteiger partial charge in [0.15, 0.2) is 0 Å². The summed E-state index contributed by atoms with van der Waals surface area (Å²) in [5.74, 6) is -0.934. The molecule has 0 amide bonds. The number of halogens is 1. The molecule has 0 bridgehead atoms. The number of carboxylic acid groups (broad SMARTS) is 1. The van der Waals surface area contributed by atoms with E-state index in [-0.39, 0.29) is 6.54 Å². The maximum absolute atomic E-state index is 11.4. The van der Waals surface area contributed by atoms with E-state index in [4.69, 9.17) is 5.53 Å². The van der Waals surface area contributed by atoms with E-state index in [9.17, 15) is 9.90 Å². The molecule has 1 unspecified atom stereocenters. The average molecular weight is 327 g/mol. The van der Waals surface area contributed by atoms with Crippen molar-refractivity contribution in [1.29, 1.82) is 0 Å². The van der Waals surface area contributed by atoms with Crippen molar-refractivity contribution in [2.45, 2.75) is 18.9 Å². The SMILES string of the molecule is CC(Cc1ccc(Br)cc1)(NCCN=[N+]=[N-])C(=O)O. The Morgan fingerprint density at radius 2 is 2.16 bits per heavy atom. The first-order valence-electron chi connectivity index (χ1n) is 5.71. The number of nitrogens with one attached hydrogen (secondary N) is 1. The van der Waals surface area contributed by atoms with Crippen molar-refractivity contribution in [1.82, 2.24) is 5.32 Å². The van der Waals surface area contributed by atoms with Gasteiger partial charge in [-0.3, -0.25) is 4.79 Å². The third-order valence-corrected chi connectivity index (χ3v) is 3.26. The summed E-state index contributed by atoms with van der Waals surface area (Å²) in [5, 5.41) is 15.6. The smallest absolute Gasteiger partial charge is 0.323 e.